The molecule has 0 fully saturated rings. The Kier molecular flexibility index (Phi) is 6.33. The molecular formula is C22H21FN4O3S2. The van der Waals surface area contributed by atoms with E-state index in [2.05, 4.69) is 9.97 Å². The first-order chi connectivity index (χ1) is 15.3. The average Bonchev–Trinajstić information content (AvgIpc) is 3.40. The highest BCUT2D eigenvalue weighted by Crippen LogP contribution is 2.30. The predicted molar refractivity (Wildman–Crippen MR) is 122 cm³/mol. The van der Waals surface area contributed by atoms with Gasteiger partial charge in [0.1, 0.15) is 5.82 Å². The number of carbonyl (C=O) groups is 1. The monoisotopic (exact) mass is 472 g/mol. The molecule has 0 atom stereocenters. The molecule has 4 aromatic rings. The molecule has 2 heterocycles. The maximum Gasteiger partial charge on any atom is 0.233 e. The van der Waals surface area contributed by atoms with Crippen LogP contribution in [-0.4, -0.2) is 41.7 Å². The van der Waals surface area contributed by atoms with Crippen LogP contribution in [-0.2, 0) is 27.6 Å². The molecule has 166 valence electrons. The fraction of sp³-hybridized carbons (Fsp3) is 0.227. The normalized spacial score (nSPS) is 11.7. The van der Waals surface area contributed by atoms with Gasteiger partial charge in [-0.25, -0.2) is 22.8 Å². The van der Waals surface area contributed by atoms with Crippen LogP contribution < -0.4 is 4.90 Å². The lowest BCUT2D eigenvalue weighted by Crippen LogP contribution is -2.33. The number of sulfone groups is 1. The molecule has 0 saturated carbocycles. The van der Waals surface area contributed by atoms with Crippen molar-refractivity contribution in [3.63, 3.8) is 0 Å². The molecule has 0 saturated heterocycles. The van der Waals surface area contributed by atoms with Crippen molar-refractivity contribution in [1.82, 2.24) is 14.5 Å². The third-order valence-electron chi connectivity index (χ3n) is 4.94. The highest BCUT2D eigenvalue weighted by molar-refractivity contribution is 7.90. The van der Waals surface area contributed by atoms with Crippen LogP contribution in [0.1, 0.15) is 12.0 Å². The summed E-state index contributed by atoms with van der Waals surface area (Å²) in [6.45, 7) is 1.12. The number of amides is 1. The van der Waals surface area contributed by atoms with Crippen molar-refractivity contribution in [2.75, 3.05) is 17.7 Å². The number of hydrogen-bond donors (Lipinski definition) is 0. The number of anilines is 1. The topological polar surface area (TPSA) is 85.2 Å². The van der Waals surface area contributed by atoms with E-state index in [0.717, 1.165) is 6.26 Å². The molecule has 0 N–H and O–H groups in total. The van der Waals surface area contributed by atoms with E-state index in [-0.39, 0.29) is 23.0 Å². The lowest BCUT2D eigenvalue weighted by molar-refractivity contribution is -0.118. The standard InChI is InChI=1S/C22H21FN4O3S2/c1-32(29,30)18-6-3-16(4-7-18)13-21(28)27(11-2-10-26-12-9-24-15-26)22-25-19-8-5-17(23)14-20(19)31-22/h3-9,12,14-15H,2,10-11,13H2,1H3. The van der Waals surface area contributed by atoms with Gasteiger partial charge in [-0.3, -0.25) is 9.69 Å². The maximum absolute atomic E-state index is 13.6. The number of fused-ring (bicyclic) bond motifs is 1. The Morgan fingerprint density at radius 2 is 1.97 bits per heavy atom. The smallest absolute Gasteiger partial charge is 0.233 e. The summed E-state index contributed by atoms with van der Waals surface area (Å²) in [6.07, 6.45) is 7.20. The van der Waals surface area contributed by atoms with Crippen molar-refractivity contribution < 1.29 is 17.6 Å². The van der Waals surface area contributed by atoms with Crippen LogP contribution in [0, 0.1) is 5.82 Å². The Hall–Kier alpha value is -3.11. The zero-order valence-corrected chi connectivity index (χ0v) is 18.9. The first-order valence-corrected chi connectivity index (χ1v) is 12.6. The molecule has 0 aliphatic heterocycles. The van der Waals surface area contributed by atoms with Crippen LogP contribution in [0.25, 0.3) is 10.2 Å². The number of imidazole rings is 1. The highest BCUT2D eigenvalue weighted by Gasteiger charge is 2.20. The van der Waals surface area contributed by atoms with Crippen molar-refractivity contribution in [3.8, 4) is 0 Å². The fourth-order valence-corrected chi connectivity index (χ4v) is 4.95. The van der Waals surface area contributed by atoms with E-state index in [0.29, 0.717) is 40.4 Å². The lowest BCUT2D eigenvalue weighted by Gasteiger charge is -2.20. The molecule has 0 aliphatic carbocycles. The van der Waals surface area contributed by atoms with Gasteiger partial charge in [0.25, 0.3) is 0 Å². The van der Waals surface area contributed by atoms with E-state index in [1.54, 1.807) is 35.6 Å². The summed E-state index contributed by atoms with van der Waals surface area (Å²) in [6, 6.07) is 10.7. The van der Waals surface area contributed by atoms with Gasteiger partial charge in [-0.1, -0.05) is 23.5 Å². The summed E-state index contributed by atoms with van der Waals surface area (Å²) in [5, 5.41) is 0.508. The van der Waals surface area contributed by atoms with E-state index < -0.39 is 9.84 Å². The van der Waals surface area contributed by atoms with Crippen LogP contribution in [0.4, 0.5) is 9.52 Å². The maximum atomic E-state index is 13.6. The van der Waals surface area contributed by atoms with Crippen LogP contribution in [0.2, 0.25) is 0 Å². The quantitative estimate of drug-likeness (QED) is 0.390. The first-order valence-electron chi connectivity index (χ1n) is 9.91. The number of nitrogens with zero attached hydrogens (tertiary/aromatic N) is 4. The zero-order chi connectivity index (χ0) is 22.7. The number of aromatic nitrogens is 3. The molecule has 7 nitrogen and oxygen atoms in total. The average molecular weight is 473 g/mol. The molecule has 0 radical (unpaired) electrons. The summed E-state index contributed by atoms with van der Waals surface area (Å²) in [5.41, 5.74) is 1.34. The number of benzene rings is 2. The first kappa shape index (κ1) is 22.1. The molecule has 32 heavy (non-hydrogen) atoms. The van der Waals surface area contributed by atoms with Gasteiger partial charge in [0, 0.05) is 31.7 Å². The molecule has 10 heteroatoms. The van der Waals surface area contributed by atoms with Gasteiger partial charge in [0.15, 0.2) is 15.0 Å². The van der Waals surface area contributed by atoms with Crippen molar-refractivity contribution in [1.29, 1.82) is 0 Å². The van der Waals surface area contributed by atoms with Crippen LogP contribution in [0.15, 0.2) is 66.1 Å². The van der Waals surface area contributed by atoms with E-state index >= 15 is 0 Å². The Labute approximate surface area is 189 Å². The van der Waals surface area contributed by atoms with Crippen LogP contribution >= 0.6 is 11.3 Å². The number of carbonyl (C=O) groups excluding carboxylic acids is 1. The minimum absolute atomic E-state index is 0.0966. The third kappa shape index (κ3) is 5.20. The predicted octanol–water partition coefficient (Wildman–Crippen LogP) is 3.70. The summed E-state index contributed by atoms with van der Waals surface area (Å²) in [4.78, 5) is 23.6. The van der Waals surface area contributed by atoms with E-state index in [1.165, 1.54) is 35.6 Å². The Bertz CT molecular complexity index is 1330. The van der Waals surface area contributed by atoms with Gasteiger partial charge in [-0.05, 0) is 42.3 Å². The van der Waals surface area contributed by atoms with Gasteiger partial charge in [0.05, 0.1) is 27.9 Å². The molecule has 0 aliphatic rings. The summed E-state index contributed by atoms with van der Waals surface area (Å²) >= 11 is 1.27. The van der Waals surface area contributed by atoms with Gasteiger partial charge < -0.3 is 4.57 Å². The van der Waals surface area contributed by atoms with Gasteiger partial charge in [-0.15, -0.1) is 0 Å². The SMILES string of the molecule is CS(=O)(=O)c1ccc(CC(=O)N(CCCn2ccnc2)c2nc3ccc(F)cc3s2)cc1. The molecular weight excluding hydrogens is 451 g/mol. The number of rotatable bonds is 8. The van der Waals surface area contributed by atoms with Crippen molar-refractivity contribution in [3.05, 3.63) is 72.6 Å². The van der Waals surface area contributed by atoms with Gasteiger partial charge in [0.2, 0.25) is 5.91 Å². The fourth-order valence-electron chi connectivity index (χ4n) is 3.28. The third-order valence-corrected chi connectivity index (χ3v) is 7.10. The Balaban J connectivity index is 1.56. The van der Waals surface area contributed by atoms with E-state index in [9.17, 15) is 17.6 Å². The Morgan fingerprint density at radius 1 is 1.19 bits per heavy atom. The Morgan fingerprint density at radius 3 is 2.66 bits per heavy atom. The second-order valence-corrected chi connectivity index (χ2v) is 10.4. The highest BCUT2D eigenvalue weighted by atomic mass is 32.2. The van der Waals surface area contributed by atoms with Crippen molar-refractivity contribution >= 4 is 42.4 Å². The summed E-state index contributed by atoms with van der Waals surface area (Å²) in [5.74, 6) is -0.515. The molecule has 0 spiro atoms. The number of thiazole rings is 1. The van der Waals surface area contributed by atoms with Gasteiger partial charge >= 0.3 is 0 Å². The van der Waals surface area contributed by atoms with Crippen molar-refractivity contribution in [2.45, 2.75) is 24.3 Å². The lowest BCUT2D eigenvalue weighted by atomic mass is 10.1. The van der Waals surface area contributed by atoms with Crippen molar-refractivity contribution in [2.24, 2.45) is 0 Å². The second-order valence-electron chi connectivity index (χ2n) is 7.40. The molecule has 4 rings (SSSR count). The minimum Gasteiger partial charge on any atom is -0.337 e. The molecule has 0 unspecified atom stereocenters. The molecule has 0 bridgehead atoms. The minimum atomic E-state index is -3.30. The second kappa shape index (κ2) is 9.17. The number of halogens is 1. The largest absolute Gasteiger partial charge is 0.337 e. The summed E-state index contributed by atoms with van der Waals surface area (Å²) < 4.78 is 39.6. The zero-order valence-electron chi connectivity index (χ0n) is 17.3. The molecule has 2 aromatic carbocycles. The van der Waals surface area contributed by atoms with Crippen LogP contribution in [0.3, 0.4) is 0 Å². The van der Waals surface area contributed by atoms with Gasteiger partial charge in [-0.2, -0.15) is 0 Å². The molecule has 2 aromatic heterocycles. The van der Waals surface area contributed by atoms with E-state index in [1.807, 2.05) is 10.8 Å². The van der Waals surface area contributed by atoms with E-state index in [4.69, 9.17) is 0 Å². The number of aryl methyl sites for hydroxylation is 1. The molecule has 1 amide bonds. The summed E-state index contributed by atoms with van der Waals surface area (Å²) in [7, 11) is -3.30. The van der Waals surface area contributed by atoms with Crippen LogP contribution in [0.5, 0.6) is 0 Å². The number of hydrogen-bond acceptors (Lipinski definition) is 6.